The molecule has 4 aromatic rings. The molecule has 36 heavy (non-hydrogen) atoms. The lowest BCUT2D eigenvalue weighted by Crippen LogP contribution is -2.26. The van der Waals surface area contributed by atoms with E-state index in [1.54, 1.807) is 32.4 Å². The highest BCUT2D eigenvalue weighted by molar-refractivity contribution is 5.94. The summed E-state index contributed by atoms with van der Waals surface area (Å²) in [6.45, 7) is 4.02. The Labute approximate surface area is 212 Å². The monoisotopic (exact) mass is 487 g/mol. The highest BCUT2D eigenvalue weighted by Gasteiger charge is 2.13. The van der Waals surface area contributed by atoms with Crippen LogP contribution in [-0.2, 0) is 19.4 Å². The van der Waals surface area contributed by atoms with Crippen molar-refractivity contribution in [1.29, 1.82) is 0 Å². The van der Waals surface area contributed by atoms with E-state index in [-0.39, 0.29) is 5.91 Å². The van der Waals surface area contributed by atoms with Gasteiger partial charge in [0, 0.05) is 25.1 Å². The minimum Gasteiger partial charge on any atom is -0.494 e. The number of methoxy groups -OCH3 is 2. The lowest BCUT2D eigenvalue weighted by atomic mass is 10.2. The largest absolute Gasteiger partial charge is 0.494 e. The highest BCUT2D eigenvalue weighted by Crippen LogP contribution is 2.27. The van der Waals surface area contributed by atoms with Crippen LogP contribution in [0.5, 0.6) is 17.2 Å². The van der Waals surface area contributed by atoms with E-state index >= 15 is 0 Å². The summed E-state index contributed by atoms with van der Waals surface area (Å²) < 4.78 is 18.7. The second-order valence-corrected chi connectivity index (χ2v) is 8.44. The number of hydrogen-bond donors (Lipinski definition) is 1. The van der Waals surface area contributed by atoms with Gasteiger partial charge in [0.05, 0.1) is 31.9 Å². The zero-order valence-electron chi connectivity index (χ0n) is 21.1. The summed E-state index contributed by atoms with van der Waals surface area (Å²) in [6, 6.07) is 21.5. The van der Waals surface area contributed by atoms with Crippen molar-refractivity contribution >= 4 is 16.9 Å². The van der Waals surface area contributed by atoms with Crippen molar-refractivity contribution in [2.45, 2.75) is 32.7 Å². The number of rotatable bonds is 12. The molecule has 1 aromatic heterocycles. The minimum atomic E-state index is -0.166. The topological polar surface area (TPSA) is 74.6 Å². The molecule has 188 valence electrons. The molecule has 1 amide bonds. The van der Waals surface area contributed by atoms with Gasteiger partial charge in [0.25, 0.3) is 5.91 Å². The predicted molar refractivity (Wildman–Crippen MR) is 141 cm³/mol. The molecular weight excluding hydrogens is 454 g/mol. The maximum atomic E-state index is 12.7. The SMILES string of the molecule is CCc1ccc(OCCCn2c(CCNC(=O)c3ccc(OC)c(OC)c3)nc3ccccc32)cc1. The summed E-state index contributed by atoms with van der Waals surface area (Å²) in [5.74, 6) is 2.78. The summed E-state index contributed by atoms with van der Waals surface area (Å²) in [6.07, 6.45) is 2.49. The third-order valence-electron chi connectivity index (χ3n) is 6.14. The maximum Gasteiger partial charge on any atom is 0.251 e. The van der Waals surface area contributed by atoms with Gasteiger partial charge in [-0.05, 0) is 60.9 Å². The molecule has 0 saturated heterocycles. The first-order valence-corrected chi connectivity index (χ1v) is 12.3. The van der Waals surface area contributed by atoms with E-state index < -0.39 is 0 Å². The van der Waals surface area contributed by atoms with E-state index in [1.807, 2.05) is 30.3 Å². The van der Waals surface area contributed by atoms with Crippen LogP contribution in [0.15, 0.2) is 66.7 Å². The average Bonchev–Trinajstić information content (AvgIpc) is 3.28. The number of nitrogens with zero attached hydrogens (tertiary/aromatic N) is 2. The number of para-hydroxylation sites is 2. The molecule has 0 fully saturated rings. The number of hydrogen-bond acceptors (Lipinski definition) is 5. The van der Waals surface area contributed by atoms with E-state index in [0.29, 0.717) is 36.6 Å². The van der Waals surface area contributed by atoms with Crippen LogP contribution in [0.25, 0.3) is 11.0 Å². The van der Waals surface area contributed by atoms with Gasteiger partial charge >= 0.3 is 0 Å². The van der Waals surface area contributed by atoms with Crippen molar-refractivity contribution in [1.82, 2.24) is 14.9 Å². The Balaban J connectivity index is 1.36. The number of carbonyl (C=O) groups is 1. The standard InChI is InChI=1S/C29H33N3O4/c1-4-21-10-13-23(14-11-21)36-19-7-18-32-25-9-6-5-8-24(25)31-28(32)16-17-30-29(33)22-12-15-26(34-2)27(20-22)35-3/h5-6,8-15,20H,4,7,16-19H2,1-3H3,(H,30,33). The van der Waals surface area contributed by atoms with Crippen LogP contribution in [-0.4, -0.2) is 42.8 Å². The molecule has 0 saturated carbocycles. The minimum absolute atomic E-state index is 0.166. The first-order valence-electron chi connectivity index (χ1n) is 12.3. The second-order valence-electron chi connectivity index (χ2n) is 8.44. The molecule has 0 spiro atoms. The van der Waals surface area contributed by atoms with E-state index in [2.05, 4.69) is 35.0 Å². The van der Waals surface area contributed by atoms with Crippen LogP contribution in [0, 0.1) is 0 Å². The summed E-state index contributed by atoms with van der Waals surface area (Å²) >= 11 is 0. The van der Waals surface area contributed by atoms with Crippen LogP contribution in [0.4, 0.5) is 0 Å². The Morgan fingerprint density at radius 1 is 0.972 bits per heavy atom. The Morgan fingerprint density at radius 3 is 2.50 bits per heavy atom. The van der Waals surface area contributed by atoms with E-state index in [0.717, 1.165) is 42.0 Å². The first kappa shape index (κ1) is 25.1. The van der Waals surface area contributed by atoms with Gasteiger partial charge in [-0.1, -0.05) is 31.2 Å². The summed E-state index contributed by atoms with van der Waals surface area (Å²) in [5.41, 5.74) is 3.86. The molecule has 0 atom stereocenters. The van der Waals surface area contributed by atoms with E-state index in [9.17, 15) is 4.79 Å². The highest BCUT2D eigenvalue weighted by atomic mass is 16.5. The van der Waals surface area contributed by atoms with Gasteiger partial charge in [-0.15, -0.1) is 0 Å². The molecule has 0 unspecified atom stereocenters. The van der Waals surface area contributed by atoms with Gasteiger partial charge in [-0.3, -0.25) is 4.79 Å². The Morgan fingerprint density at radius 2 is 1.75 bits per heavy atom. The molecule has 0 aliphatic heterocycles. The number of imidazole rings is 1. The van der Waals surface area contributed by atoms with Gasteiger partial charge in [-0.2, -0.15) is 0 Å². The number of fused-ring (bicyclic) bond motifs is 1. The van der Waals surface area contributed by atoms with Crippen molar-refractivity contribution in [3.63, 3.8) is 0 Å². The quantitative estimate of drug-likeness (QED) is 0.283. The first-order chi connectivity index (χ1) is 17.6. The molecule has 7 heteroatoms. The van der Waals surface area contributed by atoms with E-state index in [4.69, 9.17) is 19.2 Å². The van der Waals surface area contributed by atoms with Crippen LogP contribution >= 0.6 is 0 Å². The van der Waals surface area contributed by atoms with Gasteiger partial charge < -0.3 is 24.1 Å². The molecule has 0 radical (unpaired) electrons. The summed E-state index contributed by atoms with van der Waals surface area (Å²) in [7, 11) is 3.12. The average molecular weight is 488 g/mol. The lowest BCUT2D eigenvalue weighted by molar-refractivity contribution is 0.0953. The molecular formula is C29H33N3O4. The van der Waals surface area contributed by atoms with Crippen LogP contribution in [0.3, 0.4) is 0 Å². The molecule has 7 nitrogen and oxygen atoms in total. The lowest BCUT2D eigenvalue weighted by Gasteiger charge is -2.12. The Bertz CT molecular complexity index is 1300. The Hall–Kier alpha value is -4.00. The van der Waals surface area contributed by atoms with Gasteiger partial charge in [0.1, 0.15) is 11.6 Å². The zero-order chi connectivity index (χ0) is 25.3. The number of ether oxygens (including phenoxy) is 3. The van der Waals surface area contributed by atoms with Crippen molar-refractivity contribution in [2.75, 3.05) is 27.4 Å². The molecule has 0 aliphatic carbocycles. The molecule has 3 aromatic carbocycles. The molecule has 1 heterocycles. The predicted octanol–water partition coefficient (Wildman–Crippen LogP) is 5.06. The normalized spacial score (nSPS) is 10.9. The smallest absolute Gasteiger partial charge is 0.251 e. The number of aromatic nitrogens is 2. The number of amides is 1. The van der Waals surface area contributed by atoms with Crippen molar-refractivity contribution in [2.24, 2.45) is 0 Å². The van der Waals surface area contributed by atoms with Gasteiger partial charge in [-0.25, -0.2) is 4.98 Å². The molecule has 0 bridgehead atoms. The Kier molecular flexibility index (Phi) is 8.44. The number of aryl methyl sites for hydroxylation is 2. The maximum absolute atomic E-state index is 12.7. The fourth-order valence-corrected chi connectivity index (χ4v) is 4.17. The van der Waals surface area contributed by atoms with Gasteiger partial charge in [0.2, 0.25) is 0 Å². The van der Waals surface area contributed by atoms with Crippen molar-refractivity contribution < 1.29 is 19.0 Å². The fraction of sp³-hybridized carbons (Fsp3) is 0.310. The summed E-state index contributed by atoms with van der Waals surface area (Å²) in [4.78, 5) is 17.5. The third kappa shape index (κ3) is 5.97. The van der Waals surface area contributed by atoms with Crippen LogP contribution < -0.4 is 19.5 Å². The fourth-order valence-electron chi connectivity index (χ4n) is 4.17. The molecule has 1 N–H and O–H groups in total. The van der Waals surface area contributed by atoms with Crippen LogP contribution in [0.1, 0.15) is 35.1 Å². The van der Waals surface area contributed by atoms with Gasteiger partial charge in [0.15, 0.2) is 11.5 Å². The number of nitrogens with one attached hydrogen (secondary N) is 1. The number of benzene rings is 3. The zero-order valence-corrected chi connectivity index (χ0v) is 21.1. The number of carbonyl (C=O) groups excluding carboxylic acids is 1. The molecule has 0 aliphatic rings. The van der Waals surface area contributed by atoms with E-state index in [1.165, 1.54) is 5.56 Å². The summed E-state index contributed by atoms with van der Waals surface area (Å²) in [5, 5.41) is 2.99. The third-order valence-corrected chi connectivity index (χ3v) is 6.14. The molecule has 4 rings (SSSR count). The van der Waals surface area contributed by atoms with Crippen molar-refractivity contribution in [3.8, 4) is 17.2 Å². The van der Waals surface area contributed by atoms with Crippen molar-refractivity contribution in [3.05, 3.63) is 83.7 Å². The van der Waals surface area contributed by atoms with Crippen LogP contribution in [0.2, 0.25) is 0 Å². The second kappa shape index (κ2) is 12.1.